The van der Waals surface area contributed by atoms with E-state index in [4.69, 9.17) is 71.2 Å². The highest BCUT2D eigenvalue weighted by atomic mass is 32.3. The predicted molar refractivity (Wildman–Crippen MR) is 265 cm³/mol. The Labute approximate surface area is 488 Å². The summed E-state index contributed by atoms with van der Waals surface area (Å²) in [4.78, 5) is 22.5. The topological polar surface area (TPSA) is 655 Å². The molecule has 504 valence electrons. The molecule has 41 nitrogen and oxygen atoms in total. The zero-order valence-electron chi connectivity index (χ0n) is 43.8. The van der Waals surface area contributed by atoms with Crippen molar-refractivity contribution in [3.05, 3.63) is 23.7 Å². The average Bonchev–Trinajstić information content (AvgIpc) is 1.13. The van der Waals surface area contributed by atoms with Crippen molar-refractivity contribution in [1.29, 1.82) is 0 Å². The SMILES string of the molecule is C.CC1O[C@@H](OCC2C(CO[C@@H]3OC(C(=O)O)=CC(O)C3O)COC(CO)[C@H]2O)C(O)C(OS(=O)(=O)O)[C@@H]1O.CC1O[C@@H](OCC2C(CO[C@@H]3OC(C(=O)O)=CC(O)C3O)COC(COS(=O)(=O)O)[C@H]2O)C(OS(=O)(=O)O)C(O)[C@@H]1OS(=O)(=O)O.O. The van der Waals surface area contributed by atoms with Crippen molar-refractivity contribution < 1.29 is 192 Å². The molecule has 6 rings (SSSR count). The lowest BCUT2D eigenvalue weighted by atomic mass is 9.84. The van der Waals surface area contributed by atoms with Crippen LogP contribution in [0.2, 0.25) is 0 Å². The molecule has 86 heavy (non-hydrogen) atoms. The first-order valence-electron chi connectivity index (χ1n) is 24.4. The minimum atomic E-state index is -5.39. The van der Waals surface area contributed by atoms with Crippen LogP contribution in [0.15, 0.2) is 23.7 Å². The fourth-order valence-corrected chi connectivity index (χ4v) is 10.9. The molecular formula is C41H70O41S4. The molecule has 16 unspecified atom stereocenters. The Morgan fingerprint density at radius 1 is 0.488 bits per heavy atom. The molecule has 0 saturated carbocycles. The predicted octanol–water partition coefficient (Wildman–Crippen LogP) is -9.12. The maximum atomic E-state index is 11.5. The van der Waals surface area contributed by atoms with Crippen molar-refractivity contribution >= 4 is 53.5 Å². The van der Waals surface area contributed by atoms with E-state index >= 15 is 0 Å². The van der Waals surface area contributed by atoms with Crippen molar-refractivity contribution in [2.45, 2.75) is 144 Å². The van der Waals surface area contributed by atoms with Gasteiger partial charge in [0, 0.05) is 23.7 Å². The van der Waals surface area contributed by atoms with E-state index in [1.807, 2.05) is 0 Å². The Hall–Kier alpha value is -3.26. The van der Waals surface area contributed by atoms with Crippen molar-refractivity contribution in [3.63, 3.8) is 0 Å². The van der Waals surface area contributed by atoms with Gasteiger partial charge in [0.05, 0.1) is 77.3 Å². The van der Waals surface area contributed by atoms with Crippen LogP contribution in [-0.4, -0.2) is 306 Å². The minimum Gasteiger partial charge on any atom is -0.475 e. The highest BCUT2D eigenvalue weighted by Crippen LogP contribution is 2.35. The molecule has 0 aromatic carbocycles. The van der Waals surface area contributed by atoms with E-state index in [9.17, 15) is 98.9 Å². The minimum absolute atomic E-state index is 0. The molecule has 6 aliphatic rings. The van der Waals surface area contributed by atoms with Gasteiger partial charge in [-0.3, -0.25) is 18.2 Å². The summed E-state index contributed by atoms with van der Waals surface area (Å²) in [6, 6.07) is 0. The van der Waals surface area contributed by atoms with E-state index in [1.165, 1.54) is 6.92 Å². The second-order valence-electron chi connectivity index (χ2n) is 19.3. The van der Waals surface area contributed by atoms with Gasteiger partial charge in [-0.1, -0.05) is 7.43 Å². The fourth-order valence-electron chi connectivity index (χ4n) is 9.01. The summed E-state index contributed by atoms with van der Waals surface area (Å²) in [6.07, 6.45) is -32.2. The summed E-state index contributed by atoms with van der Waals surface area (Å²) >= 11 is 0. The fraction of sp³-hybridized carbons (Fsp3) is 0.854. The molecule has 0 aromatic heterocycles. The lowest BCUT2D eigenvalue weighted by molar-refractivity contribution is -0.298. The summed E-state index contributed by atoms with van der Waals surface area (Å²) in [5.74, 6) is -8.39. The maximum Gasteiger partial charge on any atom is 0.397 e. The molecule has 24 atom stereocenters. The quantitative estimate of drug-likeness (QED) is 0.0399. The van der Waals surface area contributed by atoms with Gasteiger partial charge in [0.1, 0.15) is 67.1 Å². The molecule has 18 N–H and O–H groups in total. The van der Waals surface area contributed by atoms with Crippen LogP contribution in [0, 0.1) is 23.7 Å². The van der Waals surface area contributed by atoms with Crippen LogP contribution in [0.25, 0.3) is 0 Å². The summed E-state index contributed by atoms with van der Waals surface area (Å²) in [6.45, 7) is -1.54. The van der Waals surface area contributed by atoms with Crippen molar-refractivity contribution in [3.8, 4) is 0 Å². The highest BCUT2D eigenvalue weighted by Gasteiger charge is 2.52. The van der Waals surface area contributed by atoms with Gasteiger partial charge in [0.2, 0.25) is 24.1 Å². The molecule has 0 amide bonds. The first-order chi connectivity index (χ1) is 38.8. The van der Waals surface area contributed by atoms with E-state index in [0.717, 1.165) is 13.0 Å². The highest BCUT2D eigenvalue weighted by molar-refractivity contribution is 7.81. The number of ether oxygens (including phenoxy) is 10. The molecule has 4 fully saturated rings. The van der Waals surface area contributed by atoms with Crippen molar-refractivity contribution in [2.24, 2.45) is 23.7 Å². The standard InChI is InChI=1S/C20H32O23S3.C20H32O17S.CH4.H2O/c1-7-16(42-45(30,31)32)15(24)17(43-46(33,34)35)20(40-7)38-5-9-8(3-36-12(13(9)22)6-39-44(27,28)29)4-37-19-14(23)10(21)2-11(41-19)18(25)26;1-7-13(23)17(37-38(29,30)31)16(26)20(35-7)34-6-9-8(4-32-12(3-21)14(9)24)5-33-19-15(25)10(22)2-11(36-19)18(27)28;;/h2,7-10,12-17,19-24H,3-6H2,1H3,(H,25,26)(H,27,28,29)(H,30,31,32)(H,33,34,35);2,7-10,12-17,19-26H,3-6H2,1H3,(H,27,28)(H,29,30,31);1H4;1H2/t7?,8?,9?,10?,12?,13-,14?,15?,16+,17?,19+,20+;7?,8?,9?,10?,12?,13-,14+,15?,16?,17?,19-,20-;;/m01../s1. The van der Waals surface area contributed by atoms with E-state index in [1.54, 1.807) is 0 Å². The Balaban J connectivity index is 0.000000447. The zero-order valence-corrected chi connectivity index (χ0v) is 47.0. The van der Waals surface area contributed by atoms with Gasteiger partial charge >= 0.3 is 53.5 Å². The number of carbonyl (C=O) groups is 2. The lowest BCUT2D eigenvalue weighted by Gasteiger charge is -2.44. The van der Waals surface area contributed by atoms with Crippen molar-refractivity contribution in [2.75, 3.05) is 52.9 Å². The second-order valence-corrected chi connectivity index (χ2v) is 23.5. The molecule has 6 heterocycles. The zero-order chi connectivity index (χ0) is 63.1. The van der Waals surface area contributed by atoms with Gasteiger partial charge in [-0.15, -0.1) is 0 Å². The molecule has 0 radical (unpaired) electrons. The van der Waals surface area contributed by atoms with Gasteiger partial charge in [-0.25, -0.2) is 26.3 Å². The number of aliphatic carboxylic acids is 2. The van der Waals surface area contributed by atoms with Gasteiger partial charge in [0.25, 0.3) is 0 Å². The van der Waals surface area contributed by atoms with E-state index in [2.05, 4.69) is 16.7 Å². The van der Waals surface area contributed by atoms with Gasteiger partial charge < -0.3 is 114 Å². The Kier molecular flexibility index (Phi) is 28.8. The first kappa shape index (κ1) is 77.0. The molecular weight excluding hydrogens is 1280 g/mol. The molecule has 0 aliphatic carbocycles. The van der Waals surface area contributed by atoms with Crippen LogP contribution in [-0.2, 0) is 115 Å². The van der Waals surface area contributed by atoms with Crippen LogP contribution in [0.4, 0.5) is 0 Å². The van der Waals surface area contributed by atoms with Crippen LogP contribution < -0.4 is 0 Å². The smallest absolute Gasteiger partial charge is 0.397 e. The summed E-state index contributed by atoms with van der Waals surface area (Å²) < 4.78 is 197. The molecule has 0 aromatic rings. The molecule has 0 bridgehead atoms. The normalized spacial score (nSPS) is 38.8. The third-order valence-electron chi connectivity index (χ3n) is 13.4. The van der Waals surface area contributed by atoms with Gasteiger partial charge in [0.15, 0.2) is 18.7 Å². The average molecular weight is 1350 g/mol. The number of hydrogen-bond donors (Lipinski definition) is 16. The third-order valence-corrected chi connectivity index (χ3v) is 15.2. The van der Waals surface area contributed by atoms with E-state index in [0.29, 0.717) is 6.08 Å². The van der Waals surface area contributed by atoms with Crippen LogP contribution in [0.3, 0.4) is 0 Å². The van der Waals surface area contributed by atoms with Crippen LogP contribution in [0.5, 0.6) is 0 Å². The van der Waals surface area contributed by atoms with Gasteiger partial charge in [-0.2, -0.15) is 33.7 Å². The number of carboxylic acids is 2. The van der Waals surface area contributed by atoms with Crippen molar-refractivity contribution in [1.82, 2.24) is 0 Å². The lowest BCUT2D eigenvalue weighted by Crippen LogP contribution is -2.60. The number of rotatable bonds is 24. The molecule has 0 spiro atoms. The van der Waals surface area contributed by atoms with Gasteiger partial charge in [-0.05, 0) is 26.0 Å². The molecule has 45 heteroatoms. The Bertz CT molecular complexity index is 2710. The van der Waals surface area contributed by atoms with E-state index < -0.39 is 251 Å². The summed E-state index contributed by atoms with van der Waals surface area (Å²) in [7, 11) is -20.7. The van der Waals surface area contributed by atoms with Crippen LogP contribution >= 0.6 is 0 Å². The Morgan fingerprint density at radius 3 is 1.31 bits per heavy atom. The largest absolute Gasteiger partial charge is 0.475 e. The van der Waals surface area contributed by atoms with Crippen LogP contribution in [0.1, 0.15) is 21.3 Å². The molecule has 4 saturated heterocycles. The maximum absolute atomic E-state index is 11.5. The summed E-state index contributed by atoms with van der Waals surface area (Å²) in [5, 5.41) is 121. The van der Waals surface area contributed by atoms with E-state index in [-0.39, 0.29) is 26.1 Å². The number of aliphatic hydroxyl groups is 10. The first-order valence-corrected chi connectivity index (χ1v) is 29.8. The Morgan fingerprint density at radius 2 is 0.884 bits per heavy atom. The number of hydrogen-bond acceptors (Lipinski definition) is 34. The number of carboxylic acid groups (broad SMARTS) is 2. The monoisotopic (exact) mass is 1350 g/mol. The third kappa shape index (κ3) is 21.7. The second kappa shape index (κ2) is 32.2. The number of aliphatic hydroxyl groups excluding tert-OH is 10. The summed E-state index contributed by atoms with van der Waals surface area (Å²) in [5.41, 5.74) is 0. The molecule has 6 aliphatic heterocycles.